The molecule has 0 aliphatic rings. The fourth-order valence-corrected chi connectivity index (χ4v) is 5.57. The molecule has 1 radical (unpaired) electrons. The van der Waals surface area contributed by atoms with E-state index in [1.54, 1.807) is 6.20 Å². The number of pyridine rings is 3. The Balaban J connectivity index is 0.000000286. The molecule has 7 heteroatoms. The van der Waals surface area contributed by atoms with Crippen molar-refractivity contribution in [3.63, 3.8) is 0 Å². The van der Waals surface area contributed by atoms with E-state index in [1.807, 2.05) is 58.9 Å². The number of fused-ring (bicyclic) bond motifs is 4. The third-order valence-corrected chi connectivity index (χ3v) is 8.40. The maximum Gasteiger partial charge on any atom is 0.162 e. The average Bonchev–Trinajstić information content (AvgIpc) is 3.31. The van der Waals surface area contributed by atoms with Gasteiger partial charge in [-0.1, -0.05) is 59.1 Å². The number of aliphatic hydroxyl groups is 1. The third kappa shape index (κ3) is 7.27. The average molecular weight is 771 g/mol. The topological polar surface area (TPSA) is 89.1 Å². The summed E-state index contributed by atoms with van der Waals surface area (Å²) >= 11 is 0. The zero-order chi connectivity index (χ0) is 31.3. The number of hydrogen-bond acceptors (Lipinski definition) is 6. The van der Waals surface area contributed by atoms with Gasteiger partial charge in [0.15, 0.2) is 11.4 Å². The van der Waals surface area contributed by atoms with Crippen LogP contribution in [0.25, 0.3) is 44.2 Å². The summed E-state index contributed by atoms with van der Waals surface area (Å²) in [7, 11) is 0. The first-order valence-electron chi connectivity index (χ1n) is 15.6. The molecule has 0 saturated carbocycles. The summed E-state index contributed by atoms with van der Waals surface area (Å²) in [5, 5.41) is 12.9. The van der Waals surface area contributed by atoms with E-state index in [9.17, 15) is 9.90 Å². The molecule has 1 aromatic carbocycles. The van der Waals surface area contributed by atoms with Crippen LogP contribution in [0.3, 0.4) is 0 Å². The molecule has 4 aromatic heterocycles. The molecule has 44 heavy (non-hydrogen) atoms. The van der Waals surface area contributed by atoms with E-state index in [4.69, 9.17) is 14.4 Å². The molecule has 235 valence electrons. The monoisotopic (exact) mass is 771 g/mol. The first-order chi connectivity index (χ1) is 20.6. The molecule has 0 saturated heterocycles. The second-order valence-corrected chi connectivity index (χ2v) is 11.5. The number of carbonyl (C=O) groups is 1. The van der Waals surface area contributed by atoms with Crippen LogP contribution in [0.5, 0.6) is 0 Å². The smallest absolute Gasteiger partial charge is 0.162 e. The van der Waals surface area contributed by atoms with E-state index >= 15 is 0 Å². The molecule has 5 aromatic rings. The number of aryl methyl sites for hydroxylation is 2. The van der Waals surface area contributed by atoms with Gasteiger partial charge in [0.25, 0.3) is 0 Å². The van der Waals surface area contributed by atoms with Crippen LogP contribution in [0.15, 0.2) is 58.8 Å². The SMILES string of the molecule is CCC(CC)C(=O)/C=C(\O)C(CC)CC.Cc1oc2c(c(-c3[c-]c4ccccc4c(C(C)C)n3)nc3cccnc32)c1C.[Ir]. The Hall–Kier alpha value is -3.41. The number of aliphatic hydroxyl groups excluding tert-OH is 1. The van der Waals surface area contributed by atoms with Crippen molar-refractivity contribution in [2.24, 2.45) is 11.8 Å². The van der Waals surface area contributed by atoms with Crippen molar-refractivity contribution in [1.82, 2.24) is 15.0 Å². The number of nitrogens with zero attached hydrogens (tertiary/aromatic N) is 3. The van der Waals surface area contributed by atoms with Crippen LogP contribution >= 0.6 is 0 Å². The molecule has 0 aliphatic carbocycles. The first-order valence-corrected chi connectivity index (χ1v) is 15.6. The first kappa shape index (κ1) is 35.1. The zero-order valence-electron chi connectivity index (χ0n) is 27.1. The summed E-state index contributed by atoms with van der Waals surface area (Å²) in [6, 6.07) is 15.6. The third-order valence-electron chi connectivity index (χ3n) is 8.40. The number of hydrogen-bond donors (Lipinski definition) is 1. The van der Waals surface area contributed by atoms with Gasteiger partial charge in [0, 0.05) is 66.7 Å². The largest absolute Gasteiger partial charge is 0.512 e. The van der Waals surface area contributed by atoms with E-state index < -0.39 is 0 Å². The second-order valence-electron chi connectivity index (χ2n) is 11.5. The van der Waals surface area contributed by atoms with Crippen LogP contribution in [-0.4, -0.2) is 25.8 Å². The van der Waals surface area contributed by atoms with Gasteiger partial charge < -0.3 is 9.52 Å². The van der Waals surface area contributed by atoms with E-state index in [0.29, 0.717) is 5.92 Å². The fraction of sp³-hybridized carbons (Fsp3) is 0.405. The predicted octanol–water partition coefficient (Wildman–Crippen LogP) is 10.00. The van der Waals surface area contributed by atoms with Crippen molar-refractivity contribution in [2.45, 2.75) is 87.0 Å². The Bertz CT molecular complexity index is 1770. The summed E-state index contributed by atoms with van der Waals surface area (Å²) in [4.78, 5) is 26.2. The number of rotatable bonds is 9. The summed E-state index contributed by atoms with van der Waals surface area (Å²) in [5.41, 5.74) is 6.03. The summed E-state index contributed by atoms with van der Waals surface area (Å²) in [6.45, 7) is 16.4. The van der Waals surface area contributed by atoms with Gasteiger partial charge in [-0.2, -0.15) is 0 Å². The Morgan fingerprint density at radius 1 is 0.955 bits per heavy atom. The van der Waals surface area contributed by atoms with Gasteiger partial charge >= 0.3 is 0 Å². The summed E-state index contributed by atoms with van der Waals surface area (Å²) in [6.07, 6.45) is 6.68. The molecule has 0 aliphatic heterocycles. The van der Waals surface area contributed by atoms with Crippen molar-refractivity contribution in [1.29, 1.82) is 0 Å². The molecule has 4 heterocycles. The van der Waals surface area contributed by atoms with Gasteiger partial charge in [0.1, 0.15) is 11.3 Å². The molecule has 6 nitrogen and oxygen atoms in total. The summed E-state index contributed by atoms with van der Waals surface area (Å²) < 4.78 is 6.10. The zero-order valence-corrected chi connectivity index (χ0v) is 29.5. The number of benzene rings is 1. The fourth-order valence-electron chi connectivity index (χ4n) is 5.57. The molecule has 1 N–H and O–H groups in total. The van der Waals surface area contributed by atoms with Crippen molar-refractivity contribution < 1.29 is 34.4 Å². The maximum atomic E-state index is 11.7. The molecule has 0 fully saturated rings. The molecular formula is C37H44IrN3O3-. The Labute approximate surface area is 274 Å². The van der Waals surface area contributed by atoms with Gasteiger partial charge in [-0.25, -0.2) is 0 Å². The normalized spacial score (nSPS) is 11.8. The molecule has 0 spiro atoms. The van der Waals surface area contributed by atoms with E-state index in [1.165, 1.54) is 6.08 Å². The number of carbonyl (C=O) groups excluding carboxylic acids is 1. The number of aromatic nitrogens is 3. The van der Waals surface area contributed by atoms with Gasteiger partial charge in [0.2, 0.25) is 0 Å². The van der Waals surface area contributed by atoms with E-state index in [0.717, 1.165) is 86.9 Å². The van der Waals surface area contributed by atoms with E-state index in [2.05, 4.69) is 44.0 Å². The van der Waals surface area contributed by atoms with Crippen molar-refractivity contribution >= 4 is 38.6 Å². The minimum Gasteiger partial charge on any atom is -0.512 e. The summed E-state index contributed by atoms with van der Waals surface area (Å²) in [5.74, 6) is 1.72. The van der Waals surface area contributed by atoms with Crippen LogP contribution in [0, 0.1) is 31.7 Å². The van der Waals surface area contributed by atoms with Crippen LogP contribution in [0.2, 0.25) is 0 Å². The number of ketones is 1. The minimum absolute atomic E-state index is 0. The molecular weight excluding hydrogens is 727 g/mol. The molecule has 0 bridgehead atoms. The van der Waals surface area contributed by atoms with Gasteiger partial charge in [-0.15, -0.1) is 23.6 Å². The second kappa shape index (κ2) is 15.5. The Morgan fingerprint density at radius 2 is 1.61 bits per heavy atom. The molecule has 0 unspecified atom stereocenters. The van der Waals surface area contributed by atoms with Crippen LogP contribution in [0.4, 0.5) is 0 Å². The van der Waals surface area contributed by atoms with Crippen LogP contribution in [-0.2, 0) is 24.9 Å². The molecule has 0 atom stereocenters. The molecule has 0 amide bonds. The van der Waals surface area contributed by atoms with Crippen LogP contribution in [0.1, 0.15) is 90.2 Å². The minimum atomic E-state index is 0. The number of allylic oxidation sites excluding steroid dienone is 2. The van der Waals surface area contributed by atoms with Crippen LogP contribution < -0.4 is 0 Å². The predicted molar refractivity (Wildman–Crippen MR) is 176 cm³/mol. The van der Waals surface area contributed by atoms with Gasteiger partial charge in [0.05, 0.1) is 11.3 Å². The Morgan fingerprint density at radius 3 is 2.25 bits per heavy atom. The van der Waals surface area contributed by atoms with E-state index in [-0.39, 0.29) is 43.5 Å². The van der Waals surface area contributed by atoms with Gasteiger partial charge in [-0.3, -0.25) is 19.7 Å². The molecule has 5 rings (SSSR count). The maximum absolute atomic E-state index is 11.7. The Kier molecular flexibility index (Phi) is 12.4. The van der Waals surface area contributed by atoms with Gasteiger partial charge in [-0.05, 0) is 63.1 Å². The van der Waals surface area contributed by atoms with Crippen molar-refractivity contribution in [3.8, 4) is 11.4 Å². The number of furan rings is 1. The standard InChI is InChI=1S/C24H20N3O.C13H24O2.Ir/c1-13(2)21-17-9-6-5-8-16(17)12-19(27-21)22-20-14(3)15(4)28-24(20)23-18(26-22)10-7-11-25-23;1-5-10(6-2)12(14)9-13(15)11(7-3)8-4;/h5-11,13H,1-4H3;9-11,14H,5-8H2,1-4H3;/q-1;;/b;12-9-;. The van der Waals surface area contributed by atoms with Crippen molar-refractivity contribution in [3.05, 3.63) is 77.5 Å². The van der Waals surface area contributed by atoms with Crippen molar-refractivity contribution in [2.75, 3.05) is 0 Å². The quantitative estimate of drug-likeness (QED) is 0.0912.